The number of fused-ring (bicyclic) bond motifs is 1. The highest BCUT2D eigenvalue weighted by Crippen LogP contribution is 2.29. The van der Waals surface area contributed by atoms with Gasteiger partial charge in [0, 0.05) is 28.7 Å². The number of aryl methyl sites for hydroxylation is 1. The summed E-state index contributed by atoms with van der Waals surface area (Å²) >= 11 is 0. The Kier molecular flexibility index (Phi) is 6.49. The third kappa shape index (κ3) is 4.56. The van der Waals surface area contributed by atoms with Crippen LogP contribution < -0.4 is 4.74 Å². The number of carbonyl (C=O) groups is 1. The molecule has 3 aromatic rings. The molecule has 0 unspecified atom stereocenters. The van der Waals surface area contributed by atoms with E-state index in [2.05, 4.69) is 9.40 Å². The average Bonchev–Trinajstić information content (AvgIpc) is 3.01. The van der Waals surface area contributed by atoms with Gasteiger partial charge >= 0.3 is 0 Å². The molecule has 0 bridgehead atoms. The molecule has 0 saturated heterocycles. The lowest BCUT2D eigenvalue weighted by molar-refractivity contribution is -0.757. The minimum Gasteiger partial charge on any atom is -0.497 e. The normalized spacial score (nSPS) is 10.8. The number of rotatable bonds is 10. The Morgan fingerprint density at radius 2 is 1.79 bits per heavy atom. The third-order valence-corrected chi connectivity index (χ3v) is 5.03. The number of benzene rings is 2. The largest absolute Gasteiger partial charge is 0.497 e. The van der Waals surface area contributed by atoms with Gasteiger partial charge in [-0.3, -0.25) is 4.79 Å². The number of carbonyl (C=O) groups excluding carboxylic acids is 1. The van der Waals surface area contributed by atoms with Gasteiger partial charge in [0.2, 0.25) is 0 Å². The van der Waals surface area contributed by atoms with Crippen molar-refractivity contribution >= 4 is 16.7 Å². The number of ether oxygens (including phenoxy) is 1. The Bertz CT molecular complexity index is 1010. The van der Waals surface area contributed by atoms with Crippen LogP contribution in [0.15, 0.2) is 48.5 Å². The first-order chi connectivity index (χ1) is 14.0. The number of para-hydroxylation sites is 1. The second kappa shape index (κ2) is 9.23. The molecule has 29 heavy (non-hydrogen) atoms. The van der Waals surface area contributed by atoms with Gasteiger partial charge in [-0.2, -0.15) is 0 Å². The molecule has 0 fully saturated rings. The molecule has 0 radical (unpaired) electrons. The molecule has 152 valence electrons. The summed E-state index contributed by atoms with van der Waals surface area (Å²) in [6.45, 7) is 2.81. The van der Waals surface area contributed by atoms with E-state index in [0.29, 0.717) is 23.3 Å². The van der Waals surface area contributed by atoms with Crippen molar-refractivity contribution in [1.29, 1.82) is 0 Å². The fraction of sp³-hybridized carbons (Fsp3) is 0.318. The lowest BCUT2D eigenvalue weighted by Gasteiger charge is -2.09. The quantitative estimate of drug-likeness (QED) is 0.217. The van der Waals surface area contributed by atoms with E-state index in [0.717, 1.165) is 36.0 Å². The standard InChI is InChI=1S/C22H24N2O5/c1-16-21(22(25)17-10-12-18(28-2)13-11-17)19-8-4-5-9-20(19)23(16)14-6-3-7-15-29-24(26)27/h4-5,8-13H,3,6-7,14-15H2,1-2H3. The summed E-state index contributed by atoms with van der Waals surface area (Å²) in [6.07, 6.45) is 2.27. The van der Waals surface area contributed by atoms with Crippen molar-refractivity contribution in [3.63, 3.8) is 0 Å². The smallest absolute Gasteiger partial charge is 0.294 e. The summed E-state index contributed by atoms with van der Waals surface area (Å²) in [5.41, 5.74) is 3.27. The van der Waals surface area contributed by atoms with Crippen molar-refractivity contribution in [2.24, 2.45) is 0 Å². The molecule has 7 heteroatoms. The van der Waals surface area contributed by atoms with Crippen LogP contribution in [0.2, 0.25) is 0 Å². The van der Waals surface area contributed by atoms with Gasteiger partial charge in [-0.15, -0.1) is 10.1 Å². The summed E-state index contributed by atoms with van der Waals surface area (Å²) in [4.78, 5) is 27.8. The van der Waals surface area contributed by atoms with Gasteiger partial charge < -0.3 is 14.1 Å². The second-order valence-corrected chi connectivity index (χ2v) is 6.80. The van der Waals surface area contributed by atoms with E-state index in [1.807, 2.05) is 31.2 Å². The molecule has 0 N–H and O–H groups in total. The van der Waals surface area contributed by atoms with Gasteiger partial charge in [-0.25, -0.2) is 0 Å². The molecular weight excluding hydrogens is 372 g/mol. The Morgan fingerprint density at radius 1 is 1.07 bits per heavy atom. The van der Waals surface area contributed by atoms with Crippen LogP contribution in [-0.2, 0) is 11.4 Å². The van der Waals surface area contributed by atoms with Crippen LogP contribution in [0.1, 0.15) is 40.9 Å². The molecule has 0 saturated carbocycles. The van der Waals surface area contributed by atoms with Gasteiger partial charge in [-0.1, -0.05) is 18.2 Å². The minimum atomic E-state index is -0.763. The fourth-order valence-electron chi connectivity index (χ4n) is 3.58. The SMILES string of the molecule is COc1ccc(C(=O)c2c(C)n(CCCCCO[N+](=O)[O-])c3ccccc23)cc1. The lowest BCUT2D eigenvalue weighted by atomic mass is 10.0. The number of ketones is 1. The van der Waals surface area contributed by atoms with Crippen LogP contribution in [0, 0.1) is 17.0 Å². The Morgan fingerprint density at radius 3 is 2.48 bits per heavy atom. The van der Waals surface area contributed by atoms with Gasteiger partial charge in [0.25, 0.3) is 5.09 Å². The Balaban J connectivity index is 1.82. The highest BCUT2D eigenvalue weighted by atomic mass is 16.9. The molecule has 0 spiro atoms. The van der Waals surface area contributed by atoms with Crippen LogP contribution >= 0.6 is 0 Å². The number of unbranched alkanes of at least 4 members (excludes halogenated alkanes) is 2. The van der Waals surface area contributed by atoms with E-state index < -0.39 is 5.09 Å². The first-order valence-corrected chi connectivity index (χ1v) is 9.57. The van der Waals surface area contributed by atoms with Crippen molar-refractivity contribution in [2.75, 3.05) is 13.7 Å². The molecule has 0 amide bonds. The number of hydrogen-bond donors (Lipinski definition) is 0. The molecule has 7 nitrogen and oxygen atoms in total. The van der Waals surface area contributed by atoms with Crippen molar-refractivity contribution in [3.05, 3.63) is 75.5 Å². The van der Waals surface area contributed by atoms with Crippen LogP contribution in [0.5, 0.6) is 5.75 Å². The average molecular weight is 396 g/mol. The van der Waals surface area contributed by atoms with Crippen molar-refractivity contribution in [1.82, 2.24) is 4.57 Å². The first kappa shape index (κ1) is 20.4. The van der Waals surface area contributed by atoms with Crippen LogP contribution in [0.3, 0.4) is 0 Å². The maximum absolute atomic E-state index is 13.2. The number of nitrogens with zero attached hydrogens (tertiary/aromatic N) is 2. The highest BCUT2D eigenvalue weighted by Gasteiger charge is 2.20. The van der Waals surface area contributed by atoms with E-state index in [1.54, 1.807) is 31.4 Å². The molecule has 2 aromatic carbocycles. The molecule has 0 aliphatic rings. The summed E-state index contributed by atoms with van der Waals surface area (Å²) in [5, 5.41) is 10.4. The van der Waals surface area contributed by atoms with Crippen LogP contribution in [0.4, 0.5) is 0 Å². The minimum absolute atomic E-state index is 0.0144. The summed E-state index contributed by atoms with van der Waals surface area (Å²) in [6, 6.07) is 15.0. The number of aromatic nitrogens is 1. The molecule has 3 rings (SSSR count). The summed E-state index contributed by atoms with van der Waals surface area (Å²) in [5.74, 6) is 0.696. The van der Waals surface area contributed by atoms with E-state index in [9.17, 15) is 14.9 Å². The molecule has 0 aliphatic heterocycles. The zero-order valence-electron chi connectivity index (χ0n) is 16.6. The molecule has 0 aliphatic carbocycles. The zero-order valence-corrected chi connectivity index (χ0v) is 16.6. The van der Waals surface area contributed by atoms with E-state index in [1.165, 1.54) is 0 Å². The maximum Gasteiger partial charge on any atom is 0.294 e. The van der Waals surface area contributed by atoms with Crippen molar-refractivity contribution in [2.45, 2.75) is 32.7 Å². The first-order valence-electron chi connectivity index (χ1n) is 9.57. The van der Waals surface area contributed by atoms with Crippen LogP contribution in [0.25, 0.3) is 10.9 Å². The lowest BCUT2D eigenvalue weighted by Crippen LogP contribution is -2.06. The van der Waals surface area contributed by atoms with Crippen molar-refractivity contribution < 1.29 is 19.5 Å². The van der Waals surface area contributed by atoms with Gasteiger partial charge in [0.1, 0.15) is 5.75 Å². The fourth-order valence-corrected chi connectivity index (χ4v) is 3.58. The highest BCUT2D eigenvalue weighted by molar-refractivity contribution is 6.17. The predicted molar refractivity (Wildman–Crippen MR) is 110 cm³/mol. The van der Waals surface area contributed by atoms with Crippen LogP contribution in [-0.4, -0.2) is 29.2 Å². The molecular formula is C22H24N2O5. The Hall–Kier alpha value is -3.35. The Labute approximate surface area is 169 Å². The zero-order chi connectivity index (χ0) is 20.8. The second-order valence-electron chi connectivity index (χ2n) is 6.80. The molecule has 0 atom stereocenters. The van der Waals surface area contributed by atoms with Gasteiger partial charge in [0.15, 0.2) is 5.78 Å². The van der Waals surface area contributed by atoms with Crippen molar-refractivity contribution in [3.8, 4) is 5.75 Å². The number of methoxy groups -OCH3 is 1. The number of hydrogen-bond acceptors (Lipinski definition) is 5. The summed E-state index contributed by atoms with van der Waals surface area (Å²) < 4.78 is 7.33. The van der Waals surface area contributed by atoms with E-state index in [-0.39, 0.29) is 12.4 Å². The third-order valence-electron chi connectivity index (χ3n) is 5.03. The topological polar surface area (TPSA) is 83.6 Å². The van der Waals surface area contributed by atoms with E-state index in [4.69, 9.17) is 4.74 Å². The monoisotopic (exact) mass is 396 g/mol. The predicted octanol–water partition coefficient (Wildman–Crippen LogP) is 4.57. The molecule has 1 heterocycles. The molecule has 1 aromatic heterocycles. The summed E-state index contributed by atoms with van der Waals surface area (Å²) in [7, 11) is 1.60. The van der Waals surface area contributed by atoms with Gasteiger partial charge in [-0.05, 0) is 56.5 Å². The van der Waals surface area contributed by atoms with Gasteiger partial charge in [0.05, 0.1) is 19.3 Å². The van der Waals surface area contributed by atoms with E-state index >= 15 is 0 Å². The maximum atomic E-state index is 13.2.